The molecule has 100 valence electrons. The number of nitrogens with one attached hydrogen (secondary N) is 1. The molecule has 0 spiro atoms. The van der Waals surface area contributed by atoms with Gasteiger partial charge in [-0.2, -0.15) is 0 Å². The van der Waals surface area contributed by atoms with Crippen LogP contribution in [-0.4, -0.2) is 9.97 Å². The van der Waals surface area contributed by atoms with E-state index in [2.05, 4.69) is 31.2 Å². The summed E-state index contributed by atoms with van der Waals surface area (Å²) in [5, 5.41) is 3.22. The van der Waals surface area contributed by atoms with Gasteiger partial charge in [0, 0.05) is 5.56 Å². The molecule has 3 rings (SSSR count). The predicted molar refractivity (Wildman–Crippen MR) is 81.2 cm³/mol. The van der Waals surface area contributed by atoms with Crippen LogP contribution in [0, 0.1) is 0 Å². The number of aromatic nitrogens is 2. The smallest absolute Gasteiger partial charge is 0.159 e. The minimum atomic E-state index is 0.585. The van der Waals surface area contributed by atoms with Crippen LogP contribution in [0.15, 0.2) is 63.9 Å². The normalized spacial score (nSPS) is 10.4. The maximum atomic E-state index is 5.33. The zero-order valence-electron chi connectivity index (χ0n) is 10.6. The van der Waals surface area contributed by atoms with Gasteiger partial charge in [-0.1, -0.05) is 30.3 Å². The number of furan rings is 1. The van der Waals surface area contributed by atoms with E-state index in [1.165, 1.54) is 0 Å². The van der Waals surface area contributed by atoms with E-state index < -0.39 is 0 Å². The molecule has 0 saturated carbocycles. The molecule has 1 aromatic carbocycles. The van der Waals surface area contributed by atoms with Crippen molar-refractivity contribution in [3.63, 3.8) is 0 Å². The largest absolute Gasteiger partial charge is 0.466 e. The molecule has 3 aromatic rings. The second-order valence-electron chi connectivity index (χ2n) is 4.21. The Morgan fingerprint density at radius 3 is 2.45 bits per heavy atom. The SMILES string of the molecule is Brc1ccoc1CNc1cnc(-c2ccccc2)nc1. The van der Waals surface area contributed by atoms with Gasteiger partial charge in [0.2, 0.25) is 0 Å². The first-order valence-corrected chi connectivity index (χ1v) is 6.95. The Hall–Kier alpha value is -2.14. The fraction of sp³-hybridized carbons (Fsp3) is 0.0667. The Bertz CT molecular complexity index is 680. The highest BCUT2D eigenvalue weighted by Gasteiger charge is 2.04. The van der Waals surface area contributed by atoms with Gasteiger partial charge in [0.15, 0.2) is 5.82 Å². The highest BCUT2D eigenvalue weighted by atomic mass is 79.9. The molecule has 0 aliphatic rings. The molecule has 20 heavy (non-hydrogen) atoms. The van der Waals surface area contributed by atoms with E-state index in [4.69, 9.17) is 4.42 Å². The zero-order chi connectivity index (χ0) is 13.8. The second-order valence-corrected chi connectivity index (χ2v) is 5.06. The number of rotatable bonds is 4. The number of anilines is 1. The van der Waals surface area contributed by atoms with Crippen molar-refractivity contribution in [3.8, 4) is 11.4 Å². The van der Waals surface area contributed by atoms with E-state index in [1.807, 2.05) is 36.4 Å². The number of benzene rings is 1. The molecule has 0 unspecified atom stereocenters. The predicted octanol–water partition coefficient (Wildman–Crippen LogP) is 4.11. The van der Waals surface area contributed by atoms with Crippen molar-refractivity contribution in [2.45, 2.75) is 6.54 Å². The quantitative estimate of drug-likeness (QED) is 0.782. The van der Waals surface area contributed by atoms with Gasteiger partial charge < -0.3 is 9.73 Å². The molecular formula is C15H12BrN3O. The highest BCUT2D eigenvalue weighted by Crippen LogP contribution is 2.19. The lowest BCUT2D eigenvalue weighted by atomic mass is 10.2. The van der Waals surface area contributed by atoms with E-state index in [-0.39, 0.29) is 0 Å². The molecule has 0 aliphatic carbocycles. The summed E-state index contributed by atoms with van der Waals surface area (Å²) in [5.74, 6) is 1.56. The van der Waals surface area contributed by atoms with Crippen molar-refractivity contribution in [2.24, 2.45) is 0 Å². The first-order valence-electron chi connectivity index (χ1n) is 6.16. The van der Waals surface area contributed by atoms with Crippen molar-refractivity contribution in [1.29, 1.82) is 0 Å². The van der Waals surface area contributed by atoms with Crippen molar-refractivity contribution < 1.29 is 4.42 Å². The topological polar surface area (TPSA) is 51.0 Å². The van der Waals surface area contributed by atoms with Crippen LogP contribution in [0.25, 0.3) is 11.4 Å². The average molecular weight is 330 g/mol. The minimum Gasteiger partial charge on any atom is -0.466 e. The molecule has 2 heterocycles. The van der Waals surface area contributed by atoms with Crippen LogP contribution in [0.5, 0.6) is 0 Å². The lowest BCUT2D eigenvalue weighted by Gasteiger charge is -2.05. The lowest BCUT2D eigenvalue weighted by molar-refractivity contribution is 0.516. The summed E-state index contributed by atoms with van der Waals surface area (Å²) < 4.78 is 6.28. The molecule has 0 bridgehead atoms. The van der Waals surface area contributed by atoms with Gasteiger partial charge in [-0.3, -0.25) is 0 Å². The van der Waals surface area contributed by atoms with Crippen LogP contribution in [0.4, 0.5) is 5.69 Å². The van der Waals surface area contributed by atoms with Crippen molar-refractivity contribution in [1.82, 2.24) is 9.97 Å². The van der Waals surface area contributed by atoms with Crippen molar-refractivity contribution in [2.75, 3.05) is 5.32 Å². The zero-order valence-corrected chi connectivity index (χ0v) is 12.2. The Morgan fingerprint density at radius 1 is 1.05 bits per heavy atom. The van der Waals surface area contributed by atoms with Crippen LogP contribution < -0.4 is 5.32 Å². The van der Waals surface area contributed by atoms with Gasteiger partial charge in [-0.25, -0.2) is 9.97 Å². The number of halogens is 1. The molecule has 0 amide bonds. The van der Waals surface area contributed by atoms with E-state index in [1.54, 1.807) is 18.7 Å². The van der Waals surface area contributed by atoms with E-state index >= 15 is 0 Å². The third-order valence-corrected chi connectivity index (χ3v) is 3.53. The highest BCUT2D eigenvalue weighted by molar-refractivity contribution is 9.10. The fourth-order valence-electron chi connectivity index (χ4n) is 1.79. The van der Waals surface area contributed by atoms with Gasteiger partial charge in [-0.15, -0.1) is 0 Å². The summed E-state index contributed by atoms with van der Waals surface area (Å²) in [6.45, 7) is 0.585. The Labute approximate surface area is 125 Å². The Balaban J connectivity index is 1.69. The number of nitrogens with zero attached hydrogens (tertiary/aromatic N) is 2. The first kappa shape index (κ1) is 12.9. The maximum absolute atomic E-state index is 5.33. The molecule has 2 aromatic heterocycles. The van der Waals surface area contributed by atoms with E-state index in [0.29, 0.717) is 6.54 Å². The molecule has 4 nitrogen and oxygen atoms in total. The third kappa shape index (κ3) is 2.88. The molecule has 0 fully saturated rings. The van der Waals surface area contributed by atoms with Crippen LogP contribution in [0.2, 0.25) is 0 Å². The molecular weight excluding hydrogens is 318 g/mol. The molecule has 1 N–H and O–H groups in total. The summed E-state index contributed by atoms with van der Waals surface area (Å²) in [6.07, 6.45) is 5.19. The number of hydrogen-bond acceptors (Lipinski definition) is 4. The average Bonchev–Trinajstić information content (AvgIpc) is 2.92. The molecule has 0 radical (unpaired) electrons. The molecule has 5 heteroatoms. The summed E-state index contributed by atoms with van der Waals surface area (Å²) >= 11 is 3.42. The van der Waals surface area contributed by atoms with Gasteiger partial charge in [-0.05, 0) is 22.0 Å². The number of hydrogen-bond donors (Lipinski definition) is 1. The Kier molecular flexibility index (Phi) is 3.78. The molecule has 0 saturated heterocycles. The standard InChI is InChI=1S/C15H12BrN3O/c16-13-6-7-20-14(13)10-17-12-8-18-15(19-9-12)11-4-2-1-3-5-11/h1-9,17H,10H2. The lowest BCUT2D eigenvalue weighted by Crippen LogP contribution is -2.00. The van der Waals surface area contributed by atoms with Crippen LogP contribution in [0.1, 0.15) is 5.76 Å². The minimum absolute atomic E-state index is 0.585. The van der Waals surface area contributed by atoms with Gasteiger partial charge in [0.05, 0.1) is 35.4 Å². The molecule has 0 aliphatic heterocycles. The molecule has 0 atom stereocenters. The van der Waals surface area contributed by atoms with Crippen molar-refractivity contribution >= 4 is 21.6 Å². The van der Waals surface area contributed by atoms with Crippen LogP contribution in [0.3, 0.4) is 0 Å². The fourth-order valence-corrected chi connectivity index (χ4v) is 2.13. The Morgan fingerprint density at radius 2 is 1.80 bits per heavy atom. The van der Waals surface area contributed by atoms with E-state index in [0.717, 1.165) is 27.3 Å². The van der Waals surface area contributed by atoms with Crippen LogP contribution in [-0.2, 0) is 6.54 Å². The summed E-state index contributed by atoms with van der Waals surface area (Å²) in [4.78, 5) is 8.71. The van der Waals surface area contributed by atoms with Crippen molar-refractivity contribution in [3.05, 3.63) is 65.3 Å². The van der Waals surface area contributed by atoms with Gasteiger partial charge in [0.1, 0.15) is 5.76 Å². The third-order valence-electron chi connectivity index (χ3n) is 2.83. The maximum Gasteiger partial charge on any atom is 0.159 e. The first-order chi connectivity index (χ1) is 9.83. The summed E-state index contributed by atoms with van der Waals surface area (Å²) in [6, 6.07) is 11.8. The second kappa shape index (κ2) is 5.88. The summed E-state index contributed by atoms with van der Waals surface area (Å²) in [7, 11) is 0. The summed E-state index contributed by atoms with van der Waals surface area (Å²) in [5.41, 5.74) is 1.86. The monoisotopic (exact) mass is 329 g/mol. The van der Waals surface area contributed by atoms with Crippen LogP contribution >= 0.6 is 15.9 Å². The van der Waals surface area contributed by atoms with E-state index in [9.17, 15) is 0 Å². The van der Waals surface area contributed by atoms with Gasteiger partial charge in [0.25, 0.3) is 0 Å². The van der Waals surface area contributed by atoms with Gasteiger partial charge >= 0.3 is 0 Å².